The van der Waals surface area contributed by atoms with Gasteiger partial charge in [-0.1, -0.05) is 58.0 Å². The number of nitrogens with one attached hydrogen (secondary N) is 1. The van der Waals surface area contributed by atoms with Crippen molar-refractivity contribution in [3.8, 4) is 0 Å². The predicted octanol–water partition coefficient (Wildman–Crippen LogP) is 5.01. The molecule has 0 saturated heterocycles. The number of rotatable bonds is 6. The van der Waals surface area contributed by atoms with Gasteiger partial charge in [0.15, 0.2) is 0 Å². The molecule has 0 saturated carbocycles. The van der Waals surface area contributed by atoms with Crippen LogP contribution in [0.25, 0.3) is 0 Å². The Labute approximate surface area is 153 Å². The summed E-state index contributed by atoms with van der Waals surface area (Å²) in [4.78, 5) is 13.1. The van der Waals surface area contributed by atoms with Crippen LogP contribution in [0.1, 0.15) is 39.7 Å². The van der Waals surface area contributed by atoms with Gasteiger partial charge >= 0.3 is 0 Å². The Morgan fingerprint density at radius 1 is 1.08 bits per heavy atom. The third kappa shape index (κ3) is 6.13. The van der Waals surface area contributed by atoms with Crippen molar-refractivity contribution in [1.82, 2.24) is 0 Å². The van der Waals surface area contributed by atoms with Crippen LogP contribution in [0.4, 0.5) is 5.69 Å². The zero-order chi connectivity index (χ0) is 18.4. The maximum absolute atomic E-state index is 12.4. The van der Waals surface area contributed by atoms with E-state index in [1.165, 1.54) is 0 Å². The molecule has 0 aliphatic rings. The first-order valence-electron chi connectivity index (χ1n) is 8.58. The minimum absolute atomic E-state index is 0.0174. The average molecular weight is 358 g/mol. The molecule has 0 aliphatic heterocycles. The SMILES string of the molecule is CC(CC(=O)Nc1cccc(CS(=O)c2ccccc2)c1)C(C)(C)C. The number of carbonyl (C=O) groups is 1. The minimum Gasteiger partial charge on any atom is -0.326 e. The van der Waals surface area contributed by atoms with E-state index in [1.54, 1.807) is 0 Å². The summed E-state index contributed by atoms with van der Waals surface area (Å²) in [7, 11) is -1.09. The molecule has 25 heavy (non-hydrogen) atoms. The van der Waals surface area contributed by atoms with Crippen molar-refractivity contribution in [3.05, 3.63) is 60.2 Å². The molecule has 4 heteroatoms. The van der Waals surface area contributed by atoms with E-state index in [0.29, 0.717) is 18.1 Å². The summed E-state index contributed by atoms with van der Waals surface area (Å²) in [5.41, 5.74) is 1.81. The highest BCUT2D eigenvalue weighted by atomic mass is 32.2. The van der Waals surface area contributed by atoms with Crippen molar-refractivity contribution in [3.63, 3.8) is 0 Å². The molecule has 0 radical (unpaired) electrons. The van der Waals surface area contributed by atoms with Gasteiger partial charge in [0.1, 0.15) is 0 Å². The molecule has 0 fully saturated rings. The van der Waals surface area contributed by atoms with Crippen LogP contribution in [0.3, 0.4) is 0 Å². The zero-order valence-corrected chi connectivity index (χ0v) is 16.2. The van der Waals surface area contributed by atoms with Crippen molar-refractivity contribution >= 4 is 22.4 Å². The summed E-state index contributed by atoms with van der Waals surface area (Å²) in [6.45, 7) is 8.53. The Kier molecular flexibility index (Phi) is 6.54. The molecule has 2 atom stereocenters. The lowest BCUT2D eigenvalue weighted by Crippen LogP contribution is -2.23. The number of benzene rings is 2. The third-order valence-electron chi connectivity index (χ3n) is 4.48. The summed E-state index contributed by atoms with van der Waals surface area (Å²) in [5, 5.41) is 2.96. The molecule has 2 rings (SSSR count). The van der Waals surface area contributed by atoms with Gasteiger partial charge in [-0.2, -0.15) is 0 Å². The fourth-order valence-electron chi connectivity index (χ4n) is 2.34. The number of hydrogen-bond donors (Lipinski definition) is 1. The highest BCUT2D eigenvalue weighted by Crippen LogP contribution is 2.28. The van der Waals surface area contributed by atoms with E-state index in [-0.39, 0.29) is 11.3 Å². The van der Waals surface area contributed by atoms with Crippen LogP contribution in [0.2, 0.25) is 0 Å². The summed E-state index contributed by atoms with van der Waals surface area (Å²) in [6, 6.07) is 17.0. The molecular formula is C21H27NO2S. The number of carbonyl (C=O) groups excluding carboxylic acids is 1. The second-order valence-corrected chi connectivity index (χ2v) is 8.97. The standard InChI is InChI=1S/C21H27NO2S/c1-16(21(2,3)4)13-20(23)22-18-10-8-9-17(14-18)15-25(24)19-11-6-5-7-12-19/h5-12,14,16H,13,15H2,1-4H3,(H,22,23). The first-order chi connectivity index (χ1) is 11.8. The number of hydrogen-bond acceptors (Lipinski definition) is 2. The predicted molar refractivity (Wildman–Crippen MR) is 105 cm³/mol. The summed E-state index contributed by atoms with van der Waals surface area (Å²) < 4.78 is 12.4. The third-order valence-corrected chi connectivity index (χ3v) is 5.88. The van der Waals surface area contributed by atoms with Gasteiger partial charge < -0.3 is 5.32 Å². The van der Waals surface area contributed by atoms with E-state index in [2.05, 4.69) is 33.0 Å². The van der Waals surface area contributed by atoms with E-state index in [9.17, 15) is 9.00 Å². The molecule has 2 unspecified atom stereocenters. The maximum Gasteiger partial charge on any atom is 0.224 e. The zero-order valence-electron chi connectivity index (χ0n) is 15.4. The molecule has 2 aromatic carbocycles. The highest BCUT2D eigenvalue weighted by molar-refractivity contribution is 7.84. The lowest BCUT2D eigenvalue weighted by molar-refractivity contribution is -0.117. The number of anilines is 1. The van der Waals surface area contributed by atoms with Gasteiger partial charge in [-0.15, -0.1) is 0 Å². The van der Waals surface area contributed by atoms with E-state index in [0.717, 1.165) is 16.1 Å². The monoisotopic (exact) mass is 357 g/mol. The molecule has 1 amide bonds. The summed E-state index contributed by atoms with van der Waals surface area (Å²) >= 11 is 0. The number of amides is 1. The van der Waals surface area contributed by atoms with Gasteiger partial charge in [-0.25, -0.2) is 0 Å². The Morgan fingerprint density at radius 3 is 2.40 bits per heavy atom. The second-order valence-electron chi connectivity index (χ2n) is 7.52. The van der Waals surface area contributed by atoms with Crippen molar-refractivity contribution in [2.24, 2.45) is 11.3 Å². The van der Waals surface area contributed by atoms with Crippen molar-refractivity contribution in [2.75, 3.05) is 5.32 Å². The summed E-state index contributed by atoms with van der Waals surface area (Å²) in [5.74, 6) is 0.747. The molecule has 3 nitrogen and oxygen atoms in total. The van der Waals surface area contributed by atoms with Crippen molar-refractivity contribution < 1.29 is 9.00 Å². The van der Waals surface area contributed by atoms with Crippen molar-refractivity contribution in [1.29, 1.82) is 0 Å². The normalized spacial score (nSPS) is 13.9. The lowest BCUT2D eigenvalue weighted by Gasteiger charge is -2.26. The Balaban J connectivity index is 1.99. The van der Waals surface area contributed by atoms with Crippen LogP contribution in [0.5, 0.6) is 0 Å². The molecule has 2 aromatic rings. The van der Waals surface area contributed by atoms with E-state index in [4.69, 9.17) is 0 Å². The van der Waals surface area contributed by atoms with E-state index in [1.807, 2.05) is 54.6 Å². The first-order valence-corrected chi connectivity index (χ1v) is 9.90. The van der Waals surface area contributed by atoms with Gasteiger partial charge in [-0.05, 0) is 41.2 Å². The van der Waals surface area contributed by atoms with Crippen molar-refractivity contribution in [2.45, 2.75) is 44.8 Å². The van der Waals surface area contributed by atoms with Gasteiger partial charge in [0, 0.05) is 17.0 Å². The van der Waals surface area contributed by atoms with Gasteiger partial charge in [-0.3, -0.25) is 9.00 Å². The average Bonchev–Trinajstić information content (AvgIpc) is 2.55. The minimum atomic E-state index is -1.09. The van der Waals surface area contributed by atoms with Gasteiger partial charge in [0.05, 0.1) is 16.6 Å². The molecule has 0 bridgehead atoms. The maximum atomic E-state index is 12.4. The van der Waals surface area contributed by atoms with Gasteiger partial charge in [0.2, 0.25) is 5.91 Å². The Hall–Kier alpha value is -1.94. The molecule has 134 valence electrons. The largest absolute Gasteiger partial charge is 0.326 e. The molecule has 0 heterocycles. The fourth-order valence-corrected chi connectivity index (χ4v) is 3.45. The molecule has 1 N–H and O–H groups in total. The highest BCUT2D eigenvalue weighted by Gasteiger charge is 2.22. The van der Waals surface area contributed by atoms with Crippen LogP contribution < -0.4 is 5.32 Å². The smallest absolute Gasteiger partial charge is 0.224 e. The van der Waals surface area contributed by atoms with E-state index >= 15 is 0 Å². The lowest BCUT2D eigenvalue weighted by atomic mass is 9.80. The molecule has 0 aromatic heterocycles. The van der Waals surface area contributed by atoms with E-state index < -0.39 is 10.8 Å². The fraction of sp³-hybridized carbons (Fsp3) is 0.381. The summed E-state index contributed by atoms with van der Waals surface area (Å²) in [6.07, 6.45) is 0.490. The van der Waals surface area contributed by atoms with Crippen LogP contribution in [-0.2, 0) is 21.3 Å². The topological polar surface area (TPSA) is 46.2 Å². The Morgan fingerprint density at radius 2 is 1.76 bits per heavy atom. The second kappa shape index (κ2) is 8.43. The quantitative estimate of drug-likeness (QED) is 0.790. The molecule has 0 aliphatic carbocycles. The molecule has 0 spiro atoms. The van der Waals surface area contributed by atoms with Crippen LogP contribution in [0.15, 0.2) is 59.5 Å². The van der Waals surface area contributed by atoms with Gasteiger partial charge in [0.25, 0.3) is 0 Å². The Bertz CT molecular complexity index is 735. The van der Waals surface area contributed by atoms with Crippen LogP contribution >= 0.6 is 0 Å². The van der Waals surface area contributed by atoms with Crippen LogP contribution in [-0.4, -0.2) is 10.1 Å². The first kappa shape index (κ1) is 19.4. The van der Waals surface area contributed by atoms with Crippen LogP contribution in [0, 0.1) is 11.3 Å². The molecular weight excluding hydrogens is 330 g/mol.